The zero-order chi connectivity index (χ0) is 20.8. The van der Waals surface area contributed by atoms with Gasteiger partial charge in [0.05, 0.1) is 14.9 Å². The zero-order valence-corrected chi connectivity index (χ0v) is 18.2. The summed E-state index contributed by atoms with van der Waals surface area (Å²) in [5, 5.41) is 0.401. The first kappa shape index (κ1) is 20.5. The number of rotatable bonds is 5. The molecule has 0 heterocycles. The maximum Gasteiger partial charge on any atom is 0.267 e. The van der Waals surface area contributed by atoms with Crippen LogP contribution in [-0.2, 0) is 10.0 Å². The molecule has 0 aliphatic heterocycles. The Balaban J connectivity index is 1.72. The highest BCUT2D eigenvalue weighted by atomic mass is 35.5. The highest BCUT2D eigenvalue weighted by Gasteiger charge is 2.40. The zero-order valence-electron chi connectivity index (χ0n) is 15.9. The van der Waals surface area contributed by atoms with E-state index >= 15 is 0 Å². The summed E-state index contributed by atoms with van der Waals surface area (Å²) < 4.78 is 27.9. The van der Waals surface area contributed by atoms with Crippen LogP contribution >= 0.6 is 23.2 Å². The van der Waals surface area contributed by atoms with Crippen molar-refractivity contribution >= 4 is 39.1 Å². The van der Waals surface area contributed by atoms with Crippen molar-refractivity contribution in [2.24, 2.45) is 17.8 Å². The number of allylic oxidation sites excluding steroid dienone is 2. The number of fused-ring (bicyclic) bond motifs is 2. The maximum atomic E-state index is 13.5. The van der Waals surface area contributed by atoms with E-state index < -0.39 is 15.9 Å². The van der Waals surface area contributed by atoms with Crippen LogP contribution in [0.4, 0.5) is 0 Å². The molecule has 2 aliphatic carbocycles. The van der Waals surface area contributed by atoms with E-state index in [2.05, 4.69) is 12.2 Å². The maximum absolute atomic E-state index is 13.5. The van der Waals surface area contributed by atoms with Gasteiger partial charge >= 0.3 is 0 Å². The van der Waals surface area contributed by atoms with Gasteiger partial charge in [0.1, 0.15) is 0 Å². The lowest BCUT2D eigenvalue weighted by molar-refractivity contribution is 0.0841. The van der Waals surface area contributed by atoms with Crippen LogP contribution in [0.25, 0.3) is 0 Å². The molecule has 4 nitrogen and oxygen atoms in total. The molecule has 7 heteroatoms. The summed E-state index contributed by atoms with van der Waals surface area (Å²) in [5.74, 6) is 0.395. The first-order valence-corrected chi connectivity index (χ1v) is 11.7. The Kier molecular flexibility index (Phi) is 5.49. The van der Waals surface area contributed by atoms with Gasteiger partial charge < -0.3 is 0 Å². The minimum atomic E-state index is -4.09. The van der Waals surface area contributed by atoms with Crippen LogP contribution in [0.5, 0.6) is 0 Å². The van der Waals surface area contributed by atoms with Gasteiger partial charge in [-0.15, -0.1) is 0 Å². The van der Waals surface area contributed by atoms with Gasteiger partial charge in [0, 0.05) is 12.1 Å². The summed E-state index contributed by atoms with van der Waals surface area (Å²) in [5.41, 5.74) is 1.34. The van der Waals surface area contributed by atoms with Gasteiger partial charge in [-0.25, -0.2) is 12.7 Å². The molecule has 29 heavy (non-hydrogen) atoms. The highest BCUT2D eigenvalue weighted by molar-refractivity contribution is 7.89. The molecule has 1 unspecified atom stereocenters. The van der Waals surface area contributed by atoms with Crippen LogP contribution in [-0.4, -0.2) is 25.2 Å². The standard InChI is InChI=1S/C22H21Cl2NO3S/c1-14-2-5-16(6-3-14)22(26)25(13-18-11-15-4-7-17(18)10-15)29(27,28)19-8-9-20(23)21(24)12-19/h2-9,12,15,17-18H,10-11,13H2,1H3/t15-,17+,18?/m0/s1. The normalized spacial score (nSPS) is 22.8. The lowest BCUT2D eigenvalue weighted by Gasteiger charge is -2.28. The van der Waals surface area contributed by atoms with Crippen molar-refractivity contribution in [2.45, 2.75) is 24.7 Å². The molecule has 2 aromatic carbocycles. The van der Waals surface area contributed by atoms with E-state index in [1.807, 2.05) is 6.92 Å². The minimum Gasteiger partial charge on any atom is -0.268 e. The predicted molar refractivity (Wildman–Crippen MR) is 115 cm³/mol. The molecule has 0 aromatic heterocycles. The van der Waals surface area contributed by atoms with Gasteiger partial charge in [-0.2, -0.15) is 0 Å². The van der Waals surface area contributed by atoms with Crippen LogP contribution in [0.3, 0.4) is 0 Å². The second kappa shape index (κ2) is 7.78. The molecule has 0 N–H and O–H groups in total. The average molecular weight is 450 g/mol. The molecule has 2 aliphatic rings. The largest absolute Gasteiger partial charge is 0.268 e. The predicted octanol–water partition coefficient (Wildman–Crippen LogP) is 5.35. The van der Waals surface area contributed by atoms with Gasteiger partial charge in [0.15, 0.2) is 0 Å². The molecule has 0 spiro atoms. The quantitative estimate of drug-likeness (QED) is 0.578. The van der Waals surface area contributed by atoms with Crippen LogP contribution in [0, 0.1) is 24.7 Å². The highest BCUT2D eigenvalue weighted by Crippen LogP contribution is 2.44. The minimum absolute atomic E-state index is 0.0361. The number of carbonyl (C=O) groups is 1. The Morgan fingerprint density at radius 1 is 1.03 bits per heavy atom. The van der Waals surface area contributed by atoms with Crippen molar-refractivity contribution in [3.63, 3.8) is 0 Å². The summed E-state index contributed by atoms with van der Waals surface area (Å²) >= 11 is 12.0. The molecule has 1 saturated carbocycles. The molecule has 0 radical (unpaired) electrons. The second-order valence-electron chi connectivity index (χ2n) is 7.82. The molecular formula is C22H21Cl2NO3S. The molecule has 3 atom stereocenters. The Hall–Kier alpha value is -1.82. The van der Waals surface area contributed by atoms with Gasteiger partial charge in [-0.1, -0.05) is 53.1 Å². The van der Waals surface area contributed by atoms with E-state index in [0.717, 1.165) is 22.7 Å². The summed E-state index contributed by atoms with van der Waals surface area (Å²) in [6.45, 7) is 2.07. The second-order valence-corrected chi connectivity index (χ2v) is 10.5. The Morgan fingerprint density at radius 2 is 1.76 bits per heavy atom. The first-order chi connectivity index (χ1) is 13.8. The van der Waals surface area contributed by atoms with E-state index in [0.29, 0.717) is 17.4 Å². The van der Waals surface area contributed by atoms with Gasteiger partial charge in [-0.05, 0) is 67.9 Å². The number of aryl methyl sites for hydroxylation is 1. The average Bonchev–Trinajstić information content (AvgIpc) is 3.31. The number of nitrogens with zero attached hydrogens (tertiary/aromatic N) is 1. The van der Waals surface area contributed by atoms with Crippen LogP contribution in [0.2, 0.25) is 10.0 Å². The van der Waals surface area contributed by atoms with E-state index in [-0.39, 0.29) is 27.4 Å². The topological polar surface area (TPSA) is 54.5 Å². The lowest BCUT2D eigenvalue weighted by Crippen LogP contribution is -2.41. The lowest BCUT2D eigenvalue weighted by atomic mass is 9.93. The monoisotopic (exact) mass is 449 g/mol. The Bertz CT molecular complexity index is 1080. The molecule has 0 saturated heterocycles. The Labute approximate surface area is 181 Å². The first-order valence-electron chi connectivity index (χ1n) is 9.53. The van der Waals surface area contributed by atoms with Gasteiger partial charge in [0.2, 0.25) is 0 Å². The Morgan fingerprint density at radius 3 is 2.34 bits per heavy atom. The fourth-order valence-corrected chi connectivity index (χ4v) is 6.05. The van der Waals surface area contributed by atoms with Crippen LogP contribution in [0.15, 0.2) is 59.5 Å². The summed E-state index contributed by atoms with van der Waals surface area (Å²) in [6.07, 6.45) is 6.28. The number of hydrogen-bond donors (Lipinski definition) is 0. The fraction of sp³-hybridized carbons (Fsp3) is 0.318. The number of halogens is 2. The van der Waals surface area contributed by atoms with E-state index in [1.165, 1.54) is 18.2 Å². The number of benzene rings is 2. The molecule has 2 bridgehead atoms. The number of amides is 1. The van der Waals surface area contributed by atoms with Crippen LogP contribution < -0.4 is 0 Å². The van der Waals surface area contributed by atoms with Crippen LogP contribution in [0.1, 0.15) is 28.8 Å². The number of hydrogen-bond acceptors (Lipinski definition) is 3. The third kappa shape index (κ3) is 3.96. The molecular weight excluding hydrogens is 429 g/mol. The fourth-order valence-electron chi connectivity index (χ4n) is 4.21. The number of carbonyl (C=O) groups excluding carboxylic acids is 1. The van der Waals surface area contributed by atoms with Crippen molar-refractivity contribution in [1.82, 2.24) is 4.31 Å². The van der Waals surface area contributed by atoms with Gasteiger partial charge in [-0.3, -0.25) is 4.79 Å². The summed E-state index contributed by atoms with van der Waals surface area (Å²) in [4.78, 5) is 13.3. The summed E-state index contributed by atoms with van der Waals surface area (Å²) in [6, 6.07) is 11.1. The van der Waals surface area contributed by atoms with Crippen molar-refractivity contribution < 1.29 is 13.2 Å². The third-order valence-corrected chi connectivity index (χ3v) is 8.30. The van der Waals surface area contributed by atoms with Crippen molar-refractivity contribution in [3.8, 4) is 0 Å². The molecule has 1 amide bonds. The third-order valence-electron chi connectivity index (χ3n) is 5.82. The summed E-state index contributed by atoms with van der Waals surface area (Å²) in [7, 11) is -4.09. The molecule has 2 aromatic rings. The van der Waals surface area contributed by atoms with Gasteiger partial charge in [0.25, 0.3) is 15.9 Å². The number of sulfonamides is 1. The van der Waals surface area contributed by atoms with Crippen molar-refractivity contribution in [3.05, 3.63) is 75.8 Å². The SMILES string of the molecule is Cc1ccc(C(=O)N(CC2C[C@H]3C=C[C@@H]2C3)S(=O)(=O)c2ccc(Cl)c(Cl)c2)cc1. The smallest absolute Gasteiger partial charge is 0.267 e. The molecule has 152 valence electrons. The molecule has 4 rings (SSSR count). The van der Waals surface area contributed by atoms with E-state index in [1.54, 1.807) is 24.3 Å². The van der Waals surface area contributed by atoms with E-state index in [4.69, 9.17) is 23.2 Å². The molecule has 1 fully saturated rings. The van der Waals surface area contributed by atoms with Crippen molar-refractivity contribution in [1.29, 1.82) is 0 Å². The van der Waals surface area contributed by atoms with E-state index in [9.17, 15) is 13.2 Å². The van der Waals surface area contributed by atoms with Crippen molar-refractivity contribution in [2.75, 3.05) is 6.54 Å².